The van der Waals surface area contributed by atoms with E-state index in [4.69, 9.17) is 4.42 Å². The summed E-state index contributed by atoms with van der Waals surface area (Å²) in [5, 5.41) is 11.3. The highest BCUT2D eigenvalue weighted by atomic mass is 16.3. The molecule has 136 valence electrons. The van der Waals surface area contributed by atoms with Crippen LogP contribution in [0.4, 0.5) is 0 Å². The van der Waals surface area contributed by atoms with Crippen molar-refractivity contribution in [1.82, 2.24) is 24.8 Å². The number of rotatable bonds is 2. The number of fused-ring (bicyclic) bond motifs is 2. The first-order valence-electron chi connectivity index (χ1n) is 8.77. The monoisotopic (exact) mass is 370 g/mol. The Labute approximate surface area is 159 Å². The molecule has 1 aliphatic rings. The van der Waals surface area contributed by atoms with Crippen molar-refractivity contribution in [3.63, 3.8) is 0 Å². The zero-order valence-electron chi connectivity index (χ0n) is 14.7. The van der Waals surface area contributed by atoms with Crippen molar-refractivity contribution in [2.75, 3.05) is 6.54 Å². The van der Waals surface area contributed by atoms with Gasteiger partial charge in [-0.1, -0.05) is 24.3 Å². The van der Waals surface area contributed by atoms with E-state index in [1.54, 1.807) is 17.4 Å². The van der Waals surface area contributed by atoms with Crippen LogP contribution in [0.1, 0.15) is 39.4 Å². The fourth-order valence-electron chi connectivity index (χ4n) is 3.65. The number of imidazole rings is 1. The number of aromatic nitrogens is 4. The van der Waals surface area contributed by atoms with E-state index >= 15 is 0 Å². The smallest absolute Gasteiger partial charge is 0.293 e. The predicted molar refractivity (Wildman–Crippen MR) is 98.1 cm³/mol. The Bertz CT molecular complexity index is 1230. The maximum absolute atomic E-state index is 13.2. The van der Waals surface area contributed by atoms with Crippen molar-refractivity contribution < 1.29 is 9.21 Å². The number of amides is 1. The third-order valence-electron chi connectivity index (χ3n) is 4.99. The van der Waals surface area contributed by atoms with Gasteiger partial charge in [-0.15, -0.1) is 0 Å². The zero-order chi connectivity index (χ0) is 19.1. The number of hydrogen-bond acceptors (Lipinski definition) is 6. The molecule has 0 unspecified atom stereocenters. The summed E-state index contributed by atoms with van der Waals surface area (Å²) in [6.07, 6.45) is 5.16. The van der Waals surface area contributed by atoms with Crippen LogP contribution < -0.4 is 0 Å². The summed E-state index contributed by atoms with van der Waals surface area (Å²) in [4.78, 5) is 30.8. The SMILES string of the molecule is N#Cc1ncoc1C(=O)N1CCc2[nH]cnc2[C@H]1c1cc2ccccc2cn1. The minimum Gasteiger partial charge on any atom is -0.437 e. The van der Waals surface area contributed by atoms with Crippen LogP contribution in [0.2, 0.25) is 0 Å². The van der Waals surface area contributed by atoms with E-state index in [-0.39, 0.29) is 11.5 Å². The molecule has 4 heterocycles. The van der Waals surface area contributed by atoms with Crippen molar-refractivity contribution in [3.05, 3.63) is 77.8 Å². The molecule has 1 aliphatic heterocycles. The number of carbonyl (C=O) groups excluding carboxylic acids is 1. The molecular formula is C20H14N6O2. The second kappa shape index (κ2) is 6.32. The molecule has 1 atom stereocenters. The average molecular weight is 370 g/mol. The van der Waals surface area contributed by atoms with Crippen LogP contribution >= 0.6 is 0 Å². The normalized spacial score (nSPS) is 16.0. The molecule has 1 aromatic carbocycles. The van der Waals surface area contributed by atoms with E-state index in [2.05, 4.69) is 19.9 Å². The van der Waals surface area contributed by atoms with E-state index in [0.717, 1.165) is 28.6 Å². The number of nitrogens with one attached hydrogen (secondary N) is 1. The summed E-state index contributed by atoms with van der Waals surface area (Å²) in [6, 6.07) is 11.3. The van der Waals surface area contributed by atoms with Crippen LogP contribution in [-0.2, 0) is 6.42 Å². The molecule has 3 aromatic heterocycles. The number of benzene rings is 1. The molecular weight excluding hydrogens is 356 g/mol. The number of H-pyrrole nitrogens is 1. The van der Waals surface area contributed by atoms with Crippen molar-refractivity contribution >= 4 is 16.7 Å². The Balaban J connectivity index is 1.64. The highest BCUT2D eigenvalue weighted by Gasteiger charge is 2.37. The molecule has 0 radical (unpaired) electrons. The van der Waals surface area contributed by atoms with Gasteiger partial charge >= 0.3 is 0 Å². The third kappa shape index (κ3) is 2.45. The lowest BCUT2D eigenvalue weighted by Gasteiger charge is -2.34. The number of carbonyl (C=O) groups is 1. The Hall–Kier alpha value is -3.99. The molecule has 0 saturated carbocycles. The summed E-state index contributed by atoms with van der Waals surface area (Å²) in [6.45, 7) is 0.443. The minimum atomic E-state index is -0.483. The van der Waals surface area contributed by atoms with Crippen molar-refractivity contribution in [2.45, 2.75) is 12.5 Å². The van der Waals surface area contributed by atoms with Crippen LogP contribution in [0.15, 0.2) is 53.7 Å². The highest BCUT2D eigenvalue weighted by molar-refractivity contribution is 5.94. The maximum atomic E-state index is 13.2. The Morgan fingerprint density at radius 3 is 2.96 bits per heavy atom. The Morgan fingerprint density at radius 2 is 2.11 bits per heavy atom. The van der Waals surface area contributed by atoms with Gasteiger partial charge in [-0.2, -0.15) is 5.26 Å². The Morgan fingerprint density at radius 1 is 1.25 bits per heavy atom. The fraction of sp³-hybridized carbons (Fsp3) is 0.150. The van der Waals surface area contributed by atoms with Gasteiger partial charge in [-0.25, -0.2) is 9.97 Å². The highest BCUT2D eigenvalue weighted by Crippen LogP contribution is 2.34. The lowest BCUT2D eigenvalue weighted by Crippen LogP contribution is -2.41. The van der Waals surface area contributed by atoms with Crippen LogP contribution in [0.25, 0.3) is 10.8 Å². The van der Waals surface area contributed by atoms with Gasteiger partial charge in [0.15, 0.2) is 12.1 Å². The van der Waals surface area contributed by atoms with Gasteiger partial charge in [0.1, 0.15) is 12.1 Å². The molecule has 0 fully saturated rings. The lowest BCUT2D eigenvalue weighted by molar-refractivity contribution is 0.0654. The van der Waals surface area contributed by atoms with E-state index in [1.807, 2.05) is 36.4 Å². The standard InChI is InChI=1S/C20H14N6O2/c21-8-16-19(28-11-25-16)20(27)26-6-5-14-17(24-10-23-14)18(26)15-7-12-3-1-2-4-13(12)9-22-15/h1-4,7,9-11,18H,5-6H2,(H,23,24)/t18-/m1/s1. The molecule has 4 aromatic rings. The number of aromatic amines is 1. The van der Waals surface area contributed by atoms with Gasteiger partial charge < -0.3 is 14.3 Å². The lowest BCUT2D eigenvalue weighted by atomic mass is 9.97. The van der Waals surface area contributed by atoms with Crippen LogP contribution in [0, 0.1) is 11.3 Å². The Kier molecular flexibility index (Phi) is 3.66. The van der Waals surface area contributed by atoms with Gasteiger partial charge in [0, 0.05) is 30.2 Å². The predicted octanol–water partition coefficient (Wildman–Crippen LogP) is 2.61. The molecule has 5 rings (SSSR count). The second-order valence-corrected chi connectivity index (χ2v) is 6.52. The molecule has 8 heteroatoms. The topological polar surface area (TPSA) is 112 Å². The number of hydrogen-bond donors (Lipinski definition) is 1. The van der Waals surface area contributed by atoms with Gasteiger partial charge in [0.2, 0.25) is 5.76 Å². The number of nitrogens with zero attached hydrogens (tertiary/aromatic N) is 5. The fourth-order valence-corrected chi connectivity index (χ4v) is 3.65. The molecule has 0 bridgehead atoms. The van der Waals surface area contributed by atoms with Gasteiger partial charge in [-0.05, 0) is 11.5 Å². The summed E-state index contributed by atoms with van der Waals surface area (Å²) >= 11 is 0. The van der Waals surface area contributed by atoms with Crippen LogP contribution in [0.5, 0.6) is 0 Å². The molecule has 28 heavy (non-hydrogen) atoms. The molecule has 1 amide bonds. The van der Waals surface area contributed by atoms with Gasteiger partial charge in [0.25, 0.3) is 5.91 Å². The summed E-state index contributed by atoms with van der Waals surface area (Å²) in [5.41, 5.74) is 2.41. The van der Waals surface area contributed by atoms with E-state index < -0.39 is 11.9 Å². The number of nitriles is 1. The number of pyridine rings is 1. The average Bonchev–Trinajstić information content (AvgIpc) is 3.41. The van der Waals surface area contributed by atoms with E-state index in [0.29, 0.717) is 18.7 Å². The molecule has 0 aliphatic carbocycles. The zero-order valence-corrected chi connectivity index (χ0v) is 14.7. The third-order valence-corrected chi connectivity index (χ3v) is 4.99. The first kappa shape index (κ1) is 16.2. The maximum Gasteiger partial charge on any atom is 0.293 e. The molecule has 0 saturated heterocycles. The molecule has 1 N–H and O–H groups in total. The van der Waals surface area contributed by atoms with Crippen molar-refractivity contribution in [2.24, 2.45) is 0 Å². The van der Waals surface area contributed by atoms with Gasteiger partial charge in [-0.3, -0.25) is 9.78 Å². The molecule has 8 nitrogen and oxygen atoms in total. The minimum absolute atomic E-state index is 0.0250. The first-order chi connectivity index (χ1) is 13.8. The van der Waals surface area contributed by atoms with E-state index in [9.17, 15) is 10.1 Å². The van der Waals surface area contributed by atoms with Crippen LogP contribution in [0.3, 0.4) is 0 Å². The quantitative estimate of drug-likeness (QED) is 0.580. The molecule has 0 spiro atoms. The summed E-state index contributed by atoms with van der Waals surface area (Å²) in [5.74, 6) is -0.463. The summed E-state index contributed by atoms with van der Waals surface area (Å²) < 4.78 is 5.22. The van der Waals surface area contributed by atoms with E-state index in [1.165, 1.54) is 0 Å². The van der Waals surface area contributed by atoms with Crippen LogP contribution in [-0.4, -0.2) is 37.3 Å². The van der Waals surface area contributed by atoms with Crippen molar-refractivity contribution in [3.8, 4) is 6.07 Å². The van der Waals surface area contributed by atoms with Gasteiger partial charge in [0.05, 0.1) is 17.7 Å². The summed E-state index contributed by atoms with van der Waals surface area (Å²) in [7, 11) is 0. The second-order valence-electron chi connectivity index (χ2n) is 6.52. The number of oxazole rings is 1. The largest absolute Gasteiger partial charge is 0.437 e. The first-order valence-corrected chi connectivity index (χ1v) is 8.77. The van der Waals surface area contributed by atoms with Crippen molar-refractivity contribution in [1.29, 1.82) is 5.26 Å².